The summed E-state index contributed by atoms with van der Waals surface area (Å²) in [6.07, 6.45) is -10.2. The number of ether oxygens (including phenoxy) is 2. The Bertz CT molecular complexity index is 1530. The summed E-state index contributed by atoms with van der Waals surface area (Å²) in [5.41, 5.74) is -5.01. The summed E-state index contributed by atoms with van der Waals surface area (Å²) in [5, 5.41) is 2.24. The van der Waals surface area contributed by atoms with Gasteiger partial charge in [0.2, 0.25) is 5.88 Å². The Labute approximate surface area is 215 Å². The van der Waals surface area contributed by atoms with Gasteiger partial charge >= 0.3 is 29.7 Å². The summed E-state index contributed by atoms with van der Waals surface area (Å²) in [5.74, 6) is -3.91. The first kappa shape index (κ1) is 25.9. The first-order chi connectivity index (χ1) is 18.4. The van der Waals surface area contributed by atoms with Crippen LogP contribution in [0, 0.1) is 0 Å². The lowest BCUT2D eigenvalue weighted by Gasteiger charge is -2.37. The summed E-state index contributed by atoms with van der Waals surface area (Å²) in [6, 6.07) is 18.3. The molecule has 0 radical (unpaired) electrons. The quantitative estimate of drug-likeness (QED) is 0.222. The topological polar surface area (TPSA) is 77.8 Å². The predicted octanol–water partition coefficient (Wildman–Crippen LogP) is 6.87. The number of rotatable bonds is 4. The van der Waals surface area contributed by atoms with Gasteiger partial charge in [-0.05, 0) is 18.2 Å². The molecule has 1 N–H and O–H groups in total. The van der Waals surface area contributed by atoms with Crippen LogP contribution in [0.4, 0.5) is 37.9 Å². The molecule has 200 valence electrons. The maximum absolute atomic E-state index is 13.3. The molecule has 12 heteroatoms. The van der Waals surface area contributed by atoms with E-state index in [-0.39, 0.29) is 11.8 Å². The number of halogens is 6. The number of benzene rings is 3. The van der Waals surface area contributed by atoms with Crippen molar-refractivity contribution < 1.29 is 45.0 Å². The Kier molecular flexibility index (Phi) is 6.12. The van der Waals surface area contributed by atoms with E-state index in [0.717, 1.165) is 6.07 Å². The van der Waals surface area contributed by atoms with Crippen LogP contribution in [0.2, 0.25) is 0 Å². The Balaban J connectivity index is 1.61. The Morgan fingerprint density at radius 3 is 1.67 bits per heavy atom. The van der Waals surface area contributed by atoms with Crippen molar-refractivity contribution in [1.82, 2.24) is 0 Å². The predicted molar refractivity (Wildman–Crippen MR) is 124 cm³/mol. The third-order valence-electron chi connectivity index (χ3n) is 5.77. The minimum Gasteiger partial charge on any atom is -0.443 e. The zero-order chi connectivity index (χ0) is 28.0. The minimum atomic E-state index is -5.09. The molecule has 6 nitrogen and oxygen atoms in total. The maximum atomic E-state index is 13.3. The van der Waals surface area contributed by atoms with Crippen LogP contribution in [-0.2, 0) is 22.9 Å². The number of carbonyl (C=O) groups excluding carboxylic acids is 1. The monoisotopic (exact) mass is 547 g/mol. The van der Waals surface area contributed by atoms with Crippen molar-refractivity contribution in [3.05, 3.63) is 123 Å². The number of nitrogens with one attached hydrogen (secondary N) is 1. The van der Waals surface area contributed by atoms with E-state index in [2.05, 4.69) is 5.32 Å². The van der Waals surface area contributed by atoms with Gasteiger partial charge in [0.25, 0.3) is 0 Å². The highest BCUT2D eigenvalue weighted by molar-refractivity contribution is 5.93. The number of cyclic esters (lactones) is 1. The Hall–Kier alpha value is -4.74. The van der Waals surface area contributed by atoms with E-state index in [1.807, 2.05) is 0 Å². The molecule has 0 aliphatic carbocycles. The fourth-order valence-corrected chi connectivity index (χ4v) is 4.04. The smallest absolute Gasteiger partial charge is 0.416 e. The fourth-order valence-electron chi connectivity index (χ4n) is 4.04. The van der Waals surface area contributed by atoms with Gasteiger partial charge in [0.15, 0.2) is 11.3 Å². The third-order valence-corrected chi connectivity index (χ3v) is 5.77. The fraction of sp³-hybridized carbons (Fsp3) is 0.111. The lowest BCUT2D eigenvalue weighted by Crippen LogP contribution is -2.44. The van der Waals surface area contributed by atoms with E-state index in [9.17, 15) is 35.9 Å². The lowest BCUT2D eigenvalue weighted by atomic mass is 9.95. The molecular formula is C27H15F6NO5. The molecule has 4 aromatic rings. The van der Waals surface area contributed by atoms with E-state index >= 15 is 0 Å². The molecule has 0 fully saturated rings. The largest absolute Gasteiger partial charge is 0.443 e. The van der Waals surface area contributed by atoms with Crippen molar-refractivity contribution in [2.45, 2.75) is 18.1 Å². The second-order valence-corrected chi connectivity index (χ2v) is 8.40. The van der Waals surface area contributed by atoms with Gasteiger partial charge in [-0.3, -0.25) is 0 Å². The molecule has 3 aromatic carbocycles. The normalized spacial score (nSPS) is 14.7. The first-order valence-electron chi connectivity index (χ1n) is 11.1. The van der Waals surface area contributed by atoms with Gasteiger partial charge in [0.05, 0.1) is 11.1 Å². The summed E-state index contributed by atoms with van der Waals surface area (Å²) in [4.78, 5) is 25.7. The summed E-state index contributed by atoms with van der Waals surface area (Å²) in [6.45, 7) is 0. The maximum Gasteiger partial charge on any atom is 0.416 e. The number of anilines is 2. The summed E-state index contributed by atoms with van der Waals surface area (Å²) < 4.78 is 96.3. The van der Waals surface area contributed by atoms with Crippen LogP contribution in [0.25, 0.3) is 0 Å². The number of fused-ring (bicyclic) bond motifs is 1. The molecule has 0 atom stereocenters. The van der Waals surface area contributed by atoms with Gasteiger partial charge in [0, 0.05) is 22.9 Å². The van der Waals surface area contributed by atoms with Crippen LogP contribution in [-0.4, -0.2) is 5.97 Å². The van der Waals surface area contributed by atoms with Gasteiger partial charge in [-0.1, -0.05) is 60.7 Å². The zero-order valence-corrected chi connectivity index (χ0v) is 19.4. The Morgan fingerprint density at radius 2 is 1.18 bits per heavy atom. The molecule has 1 aliphatic rings. The lowest BCUT2D eigenvalue weighted by molar-refractivity contribution is -0.143. The average Bonchev–Trinajstić information content (AvgIpc) is 2.88. The van der Waals surface area contributed by atoms with Crippen LogP contribution in [0.15, 0.2) is 94.1 Å². The standard InChI is InChI=1S/C27H15F6NO5/c28-26(29,30)17-11-18(27(31,32)33)13-19(12-17)34-21-14-20-22(23(35)37-21)24(36)39-25(38-20,15-7-3-1-4-8-15)16-9-5-2-6-10-16/h1-14,34H. The first-order valence-corrected chi connectivity index (χ1v) is 11.1. The molecule has 39 heavy (non-hydrogen) atoms. The van der Waals surface area contributed by atoms with Crippen molar-refractivity contribution in [3.8, 4) is 5.75 Å². The molecule has 0 bridgehead atoms. The van der Waals surface area contributed by atoms with Crippen LogP contribution in [0.1, 0.15) is 32.6 Å². The number of hydrogen-bond donors (Lipinski definition) is 1. The van der Waals surface area contributed by atoms with Gasteiger partial charge in [-0.15, -0.1) is 0 Å². The molecule has 1 aromatic heterocycles. The average molecular weight is 547 g/mol. The second kappa shape index (κ2) is 9.22. The molecular weight excluding hydrogens is 532 g/mol. The van der Waals surface area contributed by atoms with Crippen molar-refractivity contribution in [2.75, 3.05) is 5.32 Å². The van der Waals surface area contributed by atoms with Crippen molar-refractivity contribution in [1.29, 1.82) is 0 Å². The molecule has 0 amide bonds. The van der Waals surface area contributed by atoms with E-state index in [1.54, 1.807) is 60.7 Å². The summed E-state index contributed by atoms with van der Waals surface area (Å²) >= 11 is 0. The van der Waals surface area contributed by atoms with E-state index in [4.69, 9.17) is 13.9 Å². The van der Waals surface area contributed by atoms with Crippen LogP contribution >= 0.6 is 0 Å². The molecule has 0 unspecified atom stereocenters. The second-order valence-electron chi connectivity index (χ2n) is 8.40. The van der Waals surface area contributed by atoms with Crippen LogP contribution < -0.4 is 15.7 Å². The number of hydrogen-bond acceptors (Lipinski definition) is 6. The molecule has 2 heterocycles. The van der Waals surface area contributed by atoms with Crippen molar-refractivity contribution in [2.24, 2.45) is 0 Å². The van der Waals surface area contributed by atoms with Gasteiger partial charge in [0.1, 0.15) is 0 Å². The van der Waals surface area contributed by atoms with E-state index in [0.29, 0.717) is 23.3 Å². The molecule has 0 spiro atoms. The molecule has 0 saturated carbocycles. The highest BCUT2D eigenvalue weighted by atomic mass is 19.4. The van der Waals surface area contributed by atoms with E-state index in [1.165, 1.54) is 0 Å². The number of esters is 1. The minimum absolute atomic E-state index is 0.0403. The van der Waals surface area contributed by atoms with Gasteiger partial charge < -0.3 is 19.2 Å². The summed E-state index contributed by atoms with van der Waals surface area (Å²) in [7, 11) is 0. The molecule has 1 aliphatic heterocycles. The van der Waals surface area contributed by atoms with Crippen molar-refractivity contribution in [3.63, 3.8) is 0 Å². The number of alkyl halides is 6. The van der Waals surface area contributed by atoms with Gasteiger partial charge in [-0.2, -0.15) is 26.3 Å². The SMILES string of the molecule is O=C1OC(c2ccccc2)(c2ccccc2)Oc2cc(Nc3cc(C(F)(F)F)cc(C(F)(F)F)c3)oc(=O)c21. The van der Waals surface area contributed by atoms with Gasteiger partial charge in [-0.25, -0.2) is 9.59 Å². The highest BCUT2D eigenvalue weighted by Gasteiger charge is 2.47. The highest BCUT2D eigenvalue weighted by Crippen LogP contribution is 2.43. The van der Waals surface area contributed by atoms with E-state index < -0.39 is 58.0 Å². The third kappa shape index (κ3) is 4.92. The molecule has 0 saturated heterocycles. The molecule has 5 rings (SSSR count). The van der Waals surface area contributed by atoms with Crippen molar-refractivity contribution >= 4 is 17.5 Å². The Morgan fingerprint density at radius 1 is 0.667 bits per heavy atom. The number of carbonyl (C=O) groups is 1. The zero-order valence-electron chi connectivity index (χ0n) is 19.4. The van der Waals surface area contributed by atoms with Crippen LogP contribution in [0.3, 0.4) is 0 Å². The van der Waals surface area contributed by atoms with Crippen LogP contribution in [0.5, 0.6) is 5.75 Å².